The Labute approximate surface area is 186 Å². The fourth-order valence-corrected chi connectivity index (χ4v) is 3.25. The predicted octanol–water partition coefficient (Wildman–Crippen LogP) is 1.72. The van der Waals surface area contributed by atoms with Gasteiger partial charge in [0.2, 0.25) is 5.91 Å². The van der Waals surface area contributed by atoms with Gasteiger partial charge in [0, 0.05) is 24.1 Å². The largest absolute Gasteiger partial charge is 0.494 e. The molecule has 168 valence electrons. The zero-order chi connectivity index (χ0) is 23.7. The van der Waals surface area contributed by atoms with Crippen molar-refractivity contribution in [3.63, 3.8) is 0 Å². The molecular formula is C22H26BN3O6. The number of nitrogens with zero attached hydrogens (tertiary/aromatic N) is 1. The SMILES string of the molecule is CC1(C)OB(c2ccc(C[C@H](NC(=O)c3cccc([N+](=O)[O-])c3)C(N)=O)cc2)OC1(C)C. The molecule has 0 saturated carbocycles. The fraction of sp³-hybridized carbons (Fsp3) is 0.364. The van der Waals surface area contributed by atoms with E-state index in [1.807, 2.05) is 52.0 Å². The van der Waals surface area contributed by atoms with Gasteiger partial charge in [0.25, 0.3) is 11.6 Å². The Balaban J connectivity index is 1.69. The lowest BCUT2D eigenvalue weighted by atomic mass is 9.78. The van der Waals surface area contributed by atoms with Crippen LogP contribution < -0.4 is 16.5 Å². The molecule has 1 aliphatic rings. The van der Waals surface area contributed by atoms with Crippen LogP contribution in [0.1, 0.15) is 43.6 Å². The number of amides is 2. The van der Waals surface area contributed by atoms with Crippen LogP contribution in [0.4, 0.5) is 5.69 Å². The molecule has 1 aliphatic heterocycles. The van der Waals surface area contributed by atoms with E-state index < -0.39 is 41.1 Å². The summed E-state index contributed by atoms with van der Waals surface area (Å²) in [6, 6.07) is 11.6. The number of carbonyl (C=O) groups excluding carboxylic acids is 2. The van der Waals surface area contributed by atoms with Crippen LogP contribution >= 0.6 is 0 Å². The Kier molecular flexibility index (Phi) is 6.38. The first-order chi connectivity index (χ1) is 14.9. The summed E-state index contributed by atoms with van der Waals surface area (Å²) >= 11 is 0. The molecule has 2 amide bonds. The van der Waals surface area contributed by atoms with Crippen LogP contribution in [0, 0.1) is 10.1 Å². The minimum absolute atomic E-state index is 0.0709. The summed E-state index contributed by atoms with van der Waals surface area (Å²) in [4.78, 5) is 34.8. The quantitative estimate of drug-likeness (QED) is 0.383. The summed E-state index contributed by atoms with van der Waals surface area (Å²) < 4.78 is 12.1. The van der Waals surface area contributed by atoms with Gasteiger partial charge in [-0.25, -0.2) is 0 Å². The van der Waals surface area contributed by atoms with Crippen molar-refractivity contribution in [1.29, 1.82) is 0 Å². The first kappa shape index (κ1) is 23.4. The lowest BCUT2D eigenvalue weighted by Gasteiger charge is -2.32. The van der Waals surface area contributed by atoms with Gasteiger partial charge < -0.3 is 20.4 Å². The molecule has 1 fully saturated rings. The standard InChI is InChI=1S/C22H26BN3O6/c1-21(2)22(3,4)32-23(31-21)16-10-8-14(9-11-16)12-18(19(24)27)25-20(28)15-6-5-7-17(13-15)26(29)30/h5-11,13,18H,12H2,1-4H3,(H2,24,27)(H,25,28)/t18-/m0/s1. The number of hydrogen-bond donors (Lipinski definition) is 2. The highest BCUT2D eigenvalue weighted by Crippen LogP contribution is 2.36. The van der Waals surface area contributed by atoms with Crippen LogP contribution in [0.25, 0.3) is 0 Å². The van der Waals surface area contributed by atoms with Crippen LogP contribution in [-0.2, 0) is 20.5 Å². The van der Waals surface area contributed by atoms with E-state index in [1.54, 1.807) is 0 Å². The van der Waals surface area contributed by atoms with E-state index >= 15 is 0 Å². The van der Waals surface area contributed by atoms with E-state index in [4.69, 9.17) is 15.0 Å². The van der Waals surface area contributed by atoms with E-state index in [-0.39, 0.29) is 17.7 Å². The average molecular weight is 439 g/mol. The number of nitro groups is 1. The second kappa shape index (κ2) is 8.72. The van der Waals surface area contributed by atoms with Crippen LogP contribution in [0.5, 0.6) is 0 Å². The summed E-state index contributed by atoms with van der Waals surface area (Å²) in [5, 5.41) is 13.5. The second-order valence-corrected chi connectivity index (χ2v) is 8.77. The molecule has 9 nitrogen and oxygen atoms in total. The van der Waals surface area contributed by atoms with E-state index in [0.29, 0.717) is 0 Å². The van der Waals surface area contributed by atoms with E-state index in [1.165, 1.54) is 18.2 Å². The van der Waals surface area contributed by atoms with Gasteiger partial charge in [-0.2, -0.15) is 0 Å². The minimum Gasteiger partial charge on any atom is -0.399 e. The molecule has 1 atom stereocenters. The van der Waals surface area contributed by atoms with Gasteiger partial charge in [-0.15, -0.1) is 0 Å². The number of rotatable bonds is 7. The molecule has 1 saturated heterocycles. The monoisotopic (exact) mass is 439 g/mol. The van der Waals surface area contributed by atoms with Gasteiger partial charge in [0.05, 0.1) is 16.1 Å². The minimum atomic E-state index is -0.982. The Morgan fingerprint density at radius 2 is 1.69 bits per heavy atom. The number of hydrogen-bond acceptors (Lipinski definition) is 6. The zero-order valence-corrected chi connectivity index (χ0v) is 18.5. The molecule has 2 aromatic rings. The summed E-state index contributed by atoms with van der Waals surface area (Å²) in [5.41, 5.74) is 6.03. The number of nitro benzene ring substituents is 1. The predicted molar refractivity (Wildman–Crippen MR) is 119 cm³/mol. The number of nitrogens with two attached hydrogens (primary N) is 1. The molecule has 32 heavy (non-hydrogen) atoms. The maximum Gasteiger partial charge on any atom is 0.494 e. The fourth-order valence-electron chi connectivity index (χ4n) is 3.25. The molecular weight excluding hydrogens is 413 g/mol. The molecule has 3 rings (SSSR count). The smallest absolute Gasteiger partial charge is 0.399 e. The molecule has 10 heteroatoms. The normalized spacial score (nSPS) is 17.6. The van der Waals surface area contributed by atoms with E-state index in [0.717, 1.165) is 17.1 Å². The van der Waals surface area contributed by atoms with Crippen molar-refractivity contribution in [1.82, 2.24) is 5.32 Å². The maximum atomic E-state index is 12.5. The molecule has 0 spiro atoms. The number of nitrogens with one attached hydrogen (secondary N) is 1. The molecule has 0 aliphatic carbocycles. The summed E-state index contributed by atoms with van der Waals surface area (Å²) in [6.45, 7) is 7.90. The van der Waals surface area contributed by atoms with Crippen LogP contribution in [0.15, 0.2) is 48.5 Å². The van der Waals surface area contributed by atoms with Gasteiger partial charge in [-0.3, -0.25) is 19.7 Å². The van der Waals surface area contributed by atoms with Gasteiger partial charge >= 0.3 is 7.12 Å². The van der Waals surface area contributed by atoms with Gasteiger partial charge in [-0.05, 0) is 44.8 Å². The lowest BCUT2D eigenvalue weighted by Crippen LogP contribution is -2.46. The van der Waals surface area contributed by atoms with Crippen LogP contribution in [0.3, 0.4) is 0 Å². The Morgan fingerprint density at radius 1 is 1.09 bits per heavy atom. The highest BCUT2D eigenvalue weighted by Gasteiger charge is 2.51. The van der Waals surface area contributed by atoms with Crippen LogP contribution in [0.2, 0.25) is 0 Å². The average Bonchev–Trinajstić information content (AvgIpc) is 2.95. The molecule has 0 aromatic heterocycles. The Hall–Kier alpha value is -3.24. The van der Waals surface area contributed by atoms with E-state index in [2.05, 4.69) is 5.32 Å². The lowest BCUT2D eigenvalue weighted by molar-refractivity contribution is -0.384. The summed E-state index contributed by atoms with van der Waals surface area (Å²) in [7, 11) is -0.505. The third-order valence-electron chi connectivity index (χ3n) is 5.91. The number of benzene rings is 2. The van der Waals surface area contributed by atoms with Crippen molar-refractivity contribution in [3.05, 3.63) is 69.8 Å². The zero-order valence-electron chi connectivity index (χ0n) is 18.5. The van der Waals surface area contributed by atoms with Crippen molar-refractivity contribution in [2.75, 3.05) is 0 Å². The van der Waals surface area contributed by atoms with Crippen LogP contribution in [-0.4, -0.2) is 41.1 Å². The number of primary amides is 1. The molecule has 2 aromatic carbocycles. The van der Waals surface area contributed by atoms with Gasteiger partial charge in [0.15, 0.2) is 0 Å². The van der Waals surface area contributed by atoms with Crippen molar-refractivity contribution in [2.24, 2.45) is 5.73 Å². The summed E-state index contributed by atoms with van der Waals surface area (Å²) in [6.07, 6.45) is 0.166. The maximum absolute atomic E-state index is 12.5. The van der Waals surface area contributed by atoms with Gasteiger partial charge in [0.1, 0.15) is 6.04 Å². The molecule has 0 bridgehead atoms. The number of carbonyl (C=O) groups is 2. The summed E-state index contributed by atoms with van der Waals surface area (Å²) in [5.74, 6) is -1.33. The Bertz CT molecular complexity index is 1020. The van der Waals surface area contributed by atoms with E-state index in [9.17, 15) is 19.7 Å². The molecule has 0 unspecified atom stereocenters. The third kappa shape index (κ3) is 4.97. The highest BCUT2D eigenvalue weighted by atomic mass is 16.7. The molecule has 0 radical (unpaired) electrons. The second-order valence-electron chi connectivity index (χ2n) is 8.77. The highest BCUT2D eigenvalue weighted by molar-refractivity contribution is 6.62. The topological polar surface area (TPSA) is 134 Å². The Morgan fingerprint density at radius 3 is 2.22 bits per heavy atom. The van der Waals surface area contributed by atoms with Crippen molar-refractivity contribution >= 4 is 30.1 Å². The first-order valence-electron chi connectivity index (χ1n) is 10.2. The van der Waals surface area contributed by atoms with Crippen molar-refractivity contribution in [2.45, 2.75) is 51.4 Å². The van der Waals surface area contributed by atoms with Crippen molar-refractivity contribution < 1.29 is 23.8 Å². The number of non-ortho nitro benzene ring substituents is 1. The molecule has 1 heterocycles. The first-order valence-corrected chi connectivity index (χ1v) is 10.2. The van der Waals surface area contributed by atoms with Crippen molar-refractivity contribution in [3.8, 4) is 0 Å². The third-order valence-corrected chi connectivity index (χ3v) is 5.91. The van der Waals surface area contributed by atoms with Gasteiger partial charge in [-0.1, -0.05) is 30.3 Å². The molecule has 3 N–H and O–H groups in total.